The molecule has 0 bridgehead atoms. The summed E-state index contributed by atoms with van der Waals surface area (Å²) in [5, 5.41) is 9.08. The summed E-state index contributed by atoms with van der Waals surface area (Å²) in [6.07, 6.45) is 2.44. The molecule has 0 aromatic heterocycles. The molecule has 1 rings (SSSR count). The predicted molar refractivity (Wildman–Crippen MR) is 65.3 cm³/mol. The van der Waals surface area contributed by atoms with Gasteiger partial charge in [0.05, 0.1) is 6.61 Å². The molecule has 0 aliphatic rings. The SMILES string of the molecule is CCCCN(C)c1ccc(CO)c(C)c1. The molecule has 2 heteroatoms. The van der Waals surface area contributed by atoms with E-state index in [0.29, 0.717) is 0 Å². The molecule has 0 fully saturated rings. The van der Waals surface area contributed by atoms with Gasteiger partial charge in [-0.2, -0.15) is 0 Å². The molecule has 15 heavy (non-hydrogen) atoms. The van der Waals surface area contributed by atoms with Crippen molar-refractivity contribution in [1.82, 2.24) is 0 Å². The zero-order valence-corrected chi connectivity index (χ0v) is 9.95. The van der Waals surface area contributed by atoms with Crippen molar-refractivity contribution < 1.29 is 5.11 Å². The zero-order chi connectivity index (χ0) is 11.3. The minimum Gasteiger partial charge on any atom is -0.392 e. The summed E-state index contributed by atoms with van der Waals surface area (Å²) in [6, 6.07) is 6.22. The number of aliphatic hydroxyl groups excluding tert-OH is 1. The molecule has 2 nitrogen and oxygen atoms in total. The maximum Gasteiger partial charge on any atom is 0.0684 e. The first kappa shape index (κ1) is 12.1. The van der Waals surface area contributed by atoms with Gasteiger partial charge in [-0.25, -0.2) is 0 Å². The summed E-state index contributed by atoms with van der Waals surface area (Å²) in [7, 11) is 2.11. The maximum absolute atomic E-state index is 9.08. The Labute approximate surface area is 92.5 Å². The van der Waals surface area contributed by atoms with E-state index in [1.807, 2.05) is 13.0 Å². The monoisotopic (exact) mass is 207 g/mol. The van der Waals surface area contributed by atoms with Gasteiger partial charge in [-0.1, -0.05) is 19.4 Å². The van der Waals surface area contributed by atoms with Crippen LogP contribution in [0, 0.1) is 6.92 Å². The lowest BCUT2D eigenvalue weighted by atomic mass is 10.1. The highest BCUT2D eigenvalue weighted by molar-refractivity contribution is 5.50. The molecule has 0 aliphatic heterocycles. The van der Waals surface area contributed by atoms with Gasteiger partial charge in [0.15, 0.2) is 0 Å². The van der Waals surface area contributed by atoms with Gasteiger partial charge in [0.2, 0.25) is 0 Å². The van der Waals surface area contributed by atoms with Crippen LogP contribution >= 0.6 is 0 Å². The molecule has 0 radical (unpaired) electrons. The van der Waals surface area contributed by atoms with Crippen molar-refractivity contribution in [3.63, 3.8) is 0 Å². The van der Waals surface area contributed by atoms with Crippen LogP contribution in [-0.2, 0) is 6.61 Å². The second-order valence-electron chi connectivity index (χ2n) is 4.04. The van der Waals surface area contributed by atoms with Gasteiger partial charge in [0, 0.05) is 19.3 Å². The Morgan fingerprint density at radius 2 is 2.07 bits per heavy atom. The van der Waals surface area contributed by atoms with Crippen LogP contribution in [0.5, 0.6) is 0 Å². The van der Waals surface area contributed by atoms with E-state index in [1.54, 1.807) is 0 Å². The number of anilines is 1. The normalized spacial score (nSPS) is 10.4. The molecule has 0 saturated carbocycles. The number of benzene rings is 1. The number of aliphatic hydroxyl groups is 1. The van der Waals surface area contributed by atoms with Crippen molar-refractivity contribution in [1.29, 1.82) is 0 Å². The summed E-state index contributed by atoms with van der Waals surface area (Å²) >= 11 is 0. The van der Waals surface area contributed by atoms with Crippen LogP contribution < -0.4 is 4.90 Å². The largest absolute Gasteiger partial charge is 0.392 e. The lowest BCUT2D eigenvalue weighted by Crippen LogP contribution is -2.18. The molecule has 1 aromatic rings. The standard InChI is InChI=1S/C13H21NO/c1-4-5-8-14(3)13-7-6-12(10-15)11(2)9-13/h6-7,9,15H,4-5,8,10H2,1-3H3. The first-order valence-corrected chi connectivity index (χ1v) is 5.60. The number of hydrogen-bond acceptors (Lipinski definition) is 2. The lowest BCUT2D eigenvalue weighted by molar-refractivity contribution is 0.281. The van der Waals surface area contributed by atoms with Crippen LogP contribution in [0.2, 0.25) is 0 Å². The minimum atomic E-state index is 0.130. The highest BCUT2D eigenvalue weighted by Crippen LogP contribution is 2.18. The van der Waals surface area contributed by atoms with Gasteiger partial charge in [0.1, 0.15) is 0 Å². The molecular formula is C13H21NO. The first-order valence-electron chi connectivity index (χ1n) is 5.60. The average molecular weight is 207 g/mol. The molecule has 0 aliphatic carbocycles. The smallest absolute Gasteiger partial charge is 0.0684 e. The molecule has 0 heterocycles. The average Bonchev–Trinajstić information content (AvgIpc) is 2.25. The molecule has 0 spiro atoms. The summed E-state index contributed by atoms with van der Waals surface area (Å²) in [6.45, 7) is 5.47. The molecule has 1 N–H and O–H groups in total. The Hall–Kier alpha value is -1.02. The van der Waals surface area contributed by atoms with E-state index in [1.165, 1.54) is 24.1 Å². The molecule has 84 valence electrons. The van der Waals surface area contributed by atoms with E-state index in [0.717, 1.165) is 12.1 Å². The molecule has 0 saturated heterocycles. The first-order chi connectivity index (χ1) is 7.19. The highest BCUT2D eigenvalue weighted by Gasteiger charge is 2.02. The van der Waals surface area contributed by atoms with Crippen LogP contribution in [0.1, 0.15) is 30.9 Å². The van der Waals surface area contributed by atoms with Crippen molar-refractivity contribution in [2.24, 2.45) is 0 Å². The number of nitrogens with zero attached hydrogens (tertiary/aromatic N) is 1. The van der Waals surface area contributed by atoms with Gasteiger partial charge in [0.25, 0.3) is 0 Å². The Kier molecular flexibility index (Phi) is 4.63. The minimum absolute atomic E-state index is 0.130. The van der Waals surface area contributed by atoms with E-state index >= 15 is 0 Å². The van der Waals surface area contributed by atoms with E-state index < -0.39 is 0 Å². The second-order valence-corrected chi connectivity index (χ2v) is 4.04. The van der Waals surface area contributed by atoms with Crippen LogP contribution in [0.4, 0.5) is 5.69 Å². The summed E-state index contributed by atoms with van der Waals surface area (Å²) < 4.78 is 0. The molecule has 0 atom stereocenters. The third-order valence-corrected chi connectivity index (χ3v) is 2.78. The molecule has 0 amide bonds. The Bertz CT molecular complexity index is 309. The van der Waals surface area contributed by atoms with E-state index in [-0.39, 0.29) is 6.61 Å². The van der Waals surface area contributed by atoms with Crippen molar-refractivity contribution in [3.05, 3.63) is 29.3 Å². The molecular weight excluding hydrogens is 186 g/mol. The zero-order valence-electron chi connectivity index (χ0n) is 9.95. The van der Waals surface area contributed by atoms with Crippen molar-refractivity contribution >= 4 is 5.69 Å². The van der Waals surface area contributed by atoms with Gasteiger partial charge in [-0.15, -0.1) is 0 Å². The number of hydrogen-bond donors (Lipinski definition) is 1. The third-order valence-electron chi connectivity index (χ3n) is 2.78. The Morgan fingerprint density at radius 1 is 1.33 bits per heavy atom. The third kappa shape index (κ3) is 3.24. The van der Waals surface area contributed by atoms with Crippen molar-refractivity contribution in [2.75, 3.05) is 18.5 Å². The summed E-state index contributed by atoms with van der Waals surface area (Å²) in [5.41, 5.74) is 3.42. The van der Waals surface area contributed by atoms with Crippen LogP contribution in [-0.4, -0.2) is 18.7 Å². The van der Waals surface area contributed by atoms with E-state index in [2.05, 4.69) is 31.0 Å². The Morgan fingerprint density at radius 3 is 2.60 bits per heavy atom. The van der Waals surface area contributed by atoms with Gasteiger partial charge < -0.3 is 10.0 Å². The predicted octanol–water partition coefficient (Wildman–Crippen LogP) is 2.72. The van der Waals surface area contributed by atoms with Crippen molar-refractivity contribution in [2.45, 2.75) is 33.3 Å². The number of unbranched alkanes of at least 4 members (excludes halogenated alkanes) is 1. The lowest BCUT2D eigenvalue weighted by Gasteiger charge is -2.20. The van der Waals surface area contributed by atoms with Gasteiger partial charge in [-0.3, -0.25) is 0 Å². The number of rotatable bonds is 5. The fourth-order valence-corrected chi connectivity index (χ4v) is 1.62. The van der Waals surface area contributed by atoms with Crippen LogP contribution in [0.25, 0.3) is 0 Å². The topological polar surface area (TPSA) is 23.5 Å². The summed E-state index contributed by atoms with van der Waals surface area (Å²) in [5.74, 6) is 0. The fourth-order valence-electron chi connectivity index (χ4n) is 1.62. The van der Waals surface area contributed by atoms with Crippen LogP contribution in [0.3, 0.4) is 0 Å². The number of aryl methyl sites for hydroxylation is 1. The molecule has 1 aromatic carbocycles. The van der Waals surface area contributed by atoms with Gasteiger partial charge in [-0.05, 0) is 36.6 Å². The van der Waals surface area contributed by atoms with E-state index in [9.17, 15) is 0 Å². The fraction of sp³-hybridized carbons (Fsp3) is 0.538. The maximum atomic E-state index is 9.08. The summed E-state index contributed by atoms with van der Waals surface area (Å²) in [4.78, 5) is 2.26. The van der Waals surface area contributed by atoms with Gasteiger partial charge >= 0.3 is 0 Å². The van der Waals surface area contributed by atoms with Crippen molar-refractivity contribution in [3.8, 4) is 0 Å². The molecule has 0 unspecified atom stereocenters. The Balaban J connectivity index is 2.73. The quantitative estimate of drug-likeness (QED) is 0.802. The van der Waals surface area contributed by atoms with E-state index in [4.69, 9.17) is 5.11 Å². The highest BCUT2D eigenvalue weighted by atomic mass is 16.3. The second kappa shape index (κ2) is 5.76. The van der Waals surface area contributed by atoms with Crippen LogP contribution in [0.15, 0.2) is 18.2 Å².